The number of hydrogen-bond acceptors (Lipinski definition) is 3. The van der Waals surface area contributed by atoms with Crippen molar-refractivity contribution >= 4 is 15.9 Å². The summed E-state index contributed by atoms with van der Waals surface area (Å²) in [7, 11) is 1.83. The van der Waals surface area contributed by atoms with Gasteiger partial charge in [0.1, 0.15) is 10.7 Å². The molecule has 1 N–H and O–H groups in total. The van der Waals surface area contributed by atoms with E-state index in [-0.39, 0.29) is 0 Å². The van der Waals surface area contributed by atoms with Crippen LogP contribution in [0.2, 0.25) is 0 Å². The lowest BCUT2D eigenvalue weighted by Gasteiger charge is -2.05. The molecule has 1 fully saturated rings. The highest BCUT2D eigenvalue weighted by molar-refractivity contribution is 9.10. The molecule has 0 radical (unpaired) electrons. The fourth-order valence-corrected chi connectivity index (χ4v) is 2.60. The van der Waals surface area contributed by atoms with E-state index >= 15 is 0 Å². The zero-order valence-corrected chi connectivity index (χ0v) is 11.7. The fraction of sp³-hybridized carbons (Fsp3) is 0.500. The molecule has 0 aliphatic heterocycles. The van der Waals surface area contributed by atoms with Crippen molar-refractivity contribution in [2.24, 2.45) is 13.0 Å². The van der Waals surface area contributed by atoms with E-state index in [0.717, 1.165) is 23.6 Å². The summed E-state index contributed by atoms with van der Waals surface area (Å²) in [5, 5.41) is 18.8. The molecule has 0 spiro atoms. The van der Waals surface area contributed by atoms with Crippen LogP contribution in [0.4, 0.5) is 0 Å². The van der Waals surface area contributed by atoms with Crippen LogP contribution in [0.5, 0.6) is 0 Å². The predicted molar refractivity (Wildman–Crippen MR) is 69.9 cm³/mol. The van der Waals surface area contributed by atoms with Crippen molar-refractivity contribution in [3.8, 4) is 0 Å². The Balaban J connectivity index is 1.80. The van der Waals surface area contributed by atoms with Gasteiger partial charge in [0.25, 0.3) is 0 Å². The van der Waals surface area contributed by atoms with Gasteiger partial charge in [0, 0.05) is 37.1 Å². The Morgan fingerprint density at radius 1 is 1.50 bits per heavy atom. The molecule has 2 heterocycles. The maximum absolute atomic E-state index is 10.3. The highest BCUT2D eigenvalue weighted by Gasteiger charge is 2.23. The van der Waals surface area contributed by atoms with Gasteiger partial charge >= 0.3 is 0 Å². The van der Waals surface area contributed by atoms with Crippen molar-refractivity contribution in [3.63, 3.8) is 0 Å². The van der Waals surface area contributed by atoms with E-state index in [9.17, 15) is 5.11 Å². The average molecular weight is 311 g/mol. The first-order valence-corrected chi connectivity index (χ1v) is 6.82. The van der Waals surface area contributed by atoms with Gasteiger partial charge < -0.3 is 5.11 Å². The molecule has 2 aromatic heterocycles. The van der Waals surface area contributed by atoms with Crippen molar-refractivity contribution in [2.75, 3.05) is 0 Å². The Bertz CT molecular complexity index is 558. The van der Waals surface area contributed by atoms with Crippen LogP contribution in [-0.4, -0.2) is 24.7 Å². The van der Waals surface area contributed by atoms with Crippen molar-refractivity contribution in [3.05, 3.63) is 34.3 Å². The Labute approximate surface area is 114 Å². The number of hydrogen-bond donors (Lipinski definition) is 1. The SMILES string of the molecule is Cn1cc(C(O)c2cnn(CC3CC3)c2)c(Br)n1. The topological polar surface area (TPSA) is 55.9 Å². The maximum atomic E-state index is 10.3. The molecule has 5 nitrogen and oxygen atoms in total. The molecule has 0 aromatic carbocycles. The summed E-state index contributed by atoms with van der Waals surface area (Å²) in [6, 6.07) is 0. The molecule has 0 saturated heterocycles. The molecule has 1 aliphatic rings. The van der Waals surface area contributed by atoms with Crippen molar-refractivity contribution in [1.82, 2.24) is 19.6 Å². The van der Waals surface area contributed by atoms with E-state index in [1.165, 1.54) is 12.8 Å². The Hall–Kier alpha value is -1.14. The molecule has 2 aromatic rings. The number of nitrogens with zero attached hydrogens (tertiary/aromatic N) is 4. The first kappa shape index (κ1) is 11.9. The molecule has 6 heteroatoms. The number of aliphatic hydroxyl groups is 1. The summed E-state index contributed by atoms with van der Waals surface area (Å²) in [4.78, 5) is 0. The summed E-state index contributed by atoms with van der Waals surface area (Å²) in [5.74, 6) is 0.778. The van der Waals surface area contributed by atoms with Crippen molar-refractivity contribution < 1.29 is 5.11 Å². The molecular weight excluding hydrogens is 296 g/mol. The van der Waals surface area contributed by atoms with Crippen LogP contribution < -0.4 is 0 Å². The minimum atomic E-state index is -0.680. The van der Waals surface area contributed by atoms with E-state index in [2.05, 4.69) is 26.1 Å². The quantitative estimate of drug-likeness (QED) is 0.938. The van der Waals surface area contributed by atoms with Crippen LogP contribution >= 0.6 is 15.9 Å². The molecule has 96 valence electrons. The first-order chi connectivity index (χ1) is 8.63. The van der Waals surface area contributed by atoms with Gasteiger partial charge in [-0.15, -0.1) is 0 Å². The molecule has 1 aliphatic carbocycles. The third-order valence-electron chi connectivity index (χ3n) is 3.22. The fourth-order valence-electron chi connectivity index (χ4n) is 2.03. The minimum absolute atomic E-state index is 0.674. The molecule has 1 atom stereocenters. The zero-order valence-electron chi connectivity index (χ0n) is 10.1. The van der Waals surface area contributed by atoms with Crippen LogP contribution in [-0.2, 0) is 13.6 Å². The standard InChI is InChI=1S/C12H15BrN4O/c1-16-7-10(12(13)15-16)11(18)9-4-14-17(6-9)5-8-2-3-8/h4,6-8,11,18H,2-3,5H2,1H3. The van der Waals surface area contributed by atoms with Gasteiger partial charge in [-0.1, -0.05) is 0 Å². The Kier molecular flexibility index (Phi) is 2.99. The van der Waals surface area contributed by atoms with Gasteiger partial charge in [-0.3, -0.25) is 9.36 Å². The number of aliphatic hydroxyl groups excluding tert-OH is 1. The normalized spacial score (nSPS) is 17.1. The molecule has 3 rings (SSSR count). The highest BCUT2D eigenvalue weighted by Crippen LogP contribution is 2.31. The van der Waals surface area contributed by atoms with Gasteiger partial charge in [-0.25, -0.2) is 0 Å². The van der Waals surface area contributed by atoms with E-state index in [4.69, 9.17) is 0 Å². The molecule has 0 amide bonds. The summed E-state index contributed by atoms with van der Waals surface area (Å²) < 4.78 is 4.27. The van der Waals surface area contributed by atoms with Gasteiger partial charge in [-0.2, -0.15) is 10.2 Å². The summed E-state index contributed by atoms with van der Waals surface area (Å²) in [6.45, 7) is 0.959. The Morgan fingerprint density at radius 3 is 2.89 bits per heavy atom. The molecule has 18 heavy (non-hydrogen) atoms. The van der Waals surface area contributed by atoms with E-state index < -0.39 is 6.10 Å². The summed E-state index contributed by atoms with van der Waals surface area (Å²) >= 11 is 3.35. The van der Waals surface area contributed by atoms with E-state index in [0.29, 0.717) is 4.60 Å². The van der Waals surface area contributed by atoms with Gasteiger partial charge in [0.05, 0.1) is 6.20 Å². The third-order valence-corrected chi connectivity index (χ3v) is 3.83. The minimum Gasteiger partial charge on any atom is -0.383 e. The second-order valence-electron chi connectivity index (χ2n) is 4.89. The molecular formula is C12H15BrN4O. The Morgan fingerprint density at radius 2 is 2.28 bits per heavy atom. The van der Waals surface area contributed by atoms with Crippen LogP contribution in [0.25, 0.3) is 0 Å². The van der Waals surface area contributed by atoms with Gasteiger partial charge in [-0.05, 0) is 34.7 Å². The number of halogens is 1. The molecule has 0 bridgehead atoms. The summed E-state index contributed by atoms with van der Waals surface area (Å²) in [6.07, 6.45) is 7.38. The van der Waals surface area contributed by atoms with Crippen LogP contribution in [0, 0.1) is 5.92 Å². The largest absolute Gasteiger partial charge is 0.383 e. The first-order valence-electron chi connectivity index (χ1n) is 6.03. The van der Waals surface area contributed by atoms with Gasteiger partial charge in [0.15, 0.2) is 0 Å². The predicted octanol–water partition coefficient (Wildman–Crippen LogP) is 1.87. The average Bonchev–Trinajstić information content (AvgIpc) is 2.89. The summed E-state index contributed by atoms with van der Waals surface area (Å²) in [5.41, 5.74) is 1.58. The number of aryl methyl sites for hydroxylation is 1. The molecule has 1 unspecified atom stereocenters. The smallest absolute Gasteiger partial charge is 0.134 e. The van der Waals surface area contributed by atoms with Crippen LogP contribution in [0.15, 0.2) is 23.2 Å². The zero-order chi connectivity index (χ0) is 12.7. The van der Waals surface area contributed by atoms with Gasteiger partial charge in [0.2, 0.25) is 0 Å². The van der Waals surface area contributed by atoms with Crippen LogP contribution in [0.1, 0.15) is 30.1 Å². The number of aromatic nitrogens is 4. The lowest BCUT2D eigenvalue weighted by molar-refractivity contribution is 0.219. The highest BCUT2D eigenvalue weighted by atomic mass is 79.9. The second-order valence-corrected chi connectivity index (χ2v) is 5.64. The van der Waals surface area contributed by atoms with Crippen molar-refractivity contribution in [1.29, 1.82) is 0 Å². The van der Waals surface area contributed by atoms with E-state index in [1.54, 1.807) is 10.9 Å². The lowest BCUT2D eigenvalue weighted by atomic mass is 10.1. The maximum Gasteiger partial charge on any atom is 0.134 e. The second kappa shape index (κ2) is 4.51. The lowest BCUT2D eigenvalue weighted by Crippen LogP contribution is -2.01. The van der Waals surface area contributed by atoms with Crippen LogP contribution in [0.3, 0.4) is 0 Å². The van der Waals surface area contributed by atoms with E-state index in [1.807, 2.05) is 24.1 Å². The van der Waals surface area contributed by atoms with Crippen molar-refractivity contribution in [2.45, 2.75) is 25.5 Å². The monoisotopic (exact) mass is 310 g/mol. The third kappa shape index (κ3) is 2.35. The molecule has 1 saturated carbocycles. The number of rotatable bonds is 4.